The van der Waals surface area contributed by atoms with Gasteiger partial charge in [0.25, 0.3) is 0 Å². The van der Waals surface area contributed by atoms with E-state index in [1.54, 1.807) is 44.4 Å². The van der Waals surface area contributed by atoms with Crippen molar-refractivity contribution in [2.24, 2.45) is 0 Å². The second kappa shape index (κ2) is 7.03. The topological polar surface area (TPSA) is 38.7 Å². The van der Waals surface area contributed by atoms with Crippen LogP contribution in [0.1, 0.15) is 24.2 Å². The molecule has 0 aromatic heterocycles. The van der Waals surface area contributed by atoms with E-state index >= 15 is 0 Å². The molecule has 2 aromatic carbocycles. The summed E-state index contributed by atoms with van der Waals surface area (Å²) in [4.78, 5) is 0. The maximum Gasteiger partial charge on any atom is 0.129 e. The van der Waals surface area contributed by atoms with Gasteiger partial charge < -0.3 is 14.6 Å². The van der Waals surface area contributed by atoms with Crippen LogP contribution in [0.2, 0.25) is 10.0 Å². The molecule has 5 heteroatoms. The minimum atomic E-state index is -0.625. The quantitative estimate of drug-likeness (QED) is 0.870. The van der Waals surface area contributed by atoms with Crippen LogP contribution in [0, 0.1) is 0 Å². The first-order valence-corrected chi connectivity index (χ1v) is 7.19. The zero-order chi connectivity index (χ0) is 15.4. The minimum absolute atomic E-state index is 0.323. The number of ether oxygens (including phenoxy) is 2. The molecule has 0 radical (unpaired) electrons. The molecule has 0 aliphatic carbocycles. The lowest BCUT2D eigenvalue weighted by Crippen LogP contribution is -2.01. The summed E-state index contributed by atoms with van der Waals surface area (Å²) in [5.74, 6) is 1.25. The van der Waals surface area contributed by atoms with E-state index in [1.807, 2.05) is 6.07 Å². The average Bonchev–Trinajstić information content (AvgIpc) is 2.48. The molecular weight excluding hydrogens is 311 g/mol. The summed E-state index contributed by atoms with van der Waals surface area (Å²) in [7, 11) is 1.58. The fourth-order valence-electron chi connectivity index (χ4n) is 1.90. The highest BCUT2D eigenvalue weighted by Gasteiger charge is 2.11. The molecule has 0 saturated carbocycles. The normalized spacial score (nSPS) is 12.0. The van der Waals surface area contributed by atoms with E-state index in [1.165, 1.54) is 0 Å². The summed E-state index contributed by atoms with van der Waals surface area (Å²) >= 11 is 11.9. The second-order valence-corrected chi connectivity index (χ2v) is 5.43. The predicted octanol–water partition coefficient (Wildman–Crippen LogP) is 4.63. The van der Waals surface area contributed by atoms with Gasteiger partial charge in [0, 0.05) is 11.6 Å². The first-order chi connectivity index (χ1) is 10.0. The van der Waals surface area contributed by atoms with Gasteiger partial charge in [-0.3, -0.25) is 0 Å². The lowest BCUT2D eigenvalue weighted by atomic mass is 10.1. The summed E-state index contributed by atoms with van der Waals surface area (Å²) < 4.78 is 11.0. The van der Waals surface area contributed by atoms with Gasteiger partial charge in [-0.05, 0) is 36.8 Å². The number of hydrogen-bond acceptors (Lipinski definition) is 3. The molecule has 0 spiro atoms. The summed E-state index contributed by atoms with van der Waals surface area (Å²) in [5, 5.41) is 10.8. The Morgan fingerprint density at radius 3 is 2.48 bits per heavy atom. The monoisotopic (exact) mass is 326 g/mol. The summed E-state index contributed by atoms with van der Waals surface area (Å²) in [6, 6.07) is 10.6. The van der Waals surface area contributed by atoms with Crippen LogP contribution >= 0.6 is 23.2 Å². The molecule has 0 unspecified atom stereocenters. The third kappa shape index (κ3) is 4.03. The molecule has 0 aliphatic heterocycles. The molecule has 2 aromatic rings. The Bertz CT molecular complexity index is 627. The van der Waals surface area contributed by atoms with Crippen LogP contribution in [-0.4, -0.2) is 12.2 Å². The lowest BCUT2D eigenvalue weighted by Gasteiger charge is -2.15. The van der Waals surface area contributed by atoms with Gasteiger partial charge in [0.1, 0.15) is 18.1 Å². The molecule has 0 aliphatic rings. The first-order valence-electron chi connectivity index (χ1n) is 6.44. The Labute approximate surface area is 134 Å². The van der Waals surface area contributed by atoms with Crippen LogP contribution in [-0.2, 0) is 6.61 Å². The lowest BCUT2D eigenvalue weighted by molar-refractivity contribution is 0.190. The number of aliphatic hydroxyl groups excluding tert-OH is 1. The molecule has 1 N–H and O–H groups in total. The number of methoxy groups -OCH3 is 1. The van der Waals surface area contributed by atoms with Crippen LogP contribution in [0.3, 0.4) is 0 Å². The van der Waals surface area contributed by atoms with Gasteiger partial charge in [0.2, 0.25) is 0 Å². The molecule has 112 valence electrons. The van der Waals surface area contributed by atoms with Gasteiger partial charge in [-0.25, -0.2) is 0 Å². The van der Waals surface area contributed by atoms with Crippen molar-refractivity contribution in [2.75, 3.05) is 7.11 Å². The van der Waals surface area contributed by atoms with Crippen molar-refractivity contribution in [3.05, 3.63) is 57.6 Å². The smallest absolute Gasteiger partial charge is 0.129 e. The highest BCUT2D eigenvalue weighted by Crippen LogP contribution is 2.30. The van der Waals surface area contributed by atoms with E-state index in [4.69, 9.17) is 32.7 Å². The first kappa shape index (κ1) is 16.0. The van der Waals surface area contributed by atoms with Crippen LogP contribution in [0.5, 0.6) is 11.5 Å². The van der Waals surface area contributed by atoms with Crippen LogP contribution in [0.15, 0.2) is 36.4 Å². The molecule has 2 rings (SSSR count). The van der Waals surface area contributed by atoms with Gasteiger partial charge in [-0.15, -0.1) is 0 Å². The number of halogens is 2. The highest BCUT2D eigenvalue weighted by molar-refractivity contribution is 6.42. The molecule has 0 heterocycles. The van der Waals surface area contributed by atoms with Crippen molar-refractivity contribution in [2.45, 2.75) is 19.6 Å². The Morgan fingerprint density at radius 2 is 1.86 bits per heavy atom. The zero-order valence-electron chi connectivity index (χ0n) is 11.8. The molecule has 3 nitrogen and oxygen atoms in total. The molecule has 21 heavy (non-hydrogen) atoms. The Morgan fingerprint density at radius 1 is 1.10 bits per heavy atom. The van der Waals surface area contributed by atoms with Gasteiger partial charge in [0.05, 0.1) is 23.3 Å². The van der Waals surface area contributed by atoms with Gasteiger partial charge in [0.15, 0.2) is 0 Å². The Balaban J connectivity index is 2.19. The van der Waals surface area contributed by atoms with Crippen molar-refractivity contribution in [1.29, 1.82) is 0 Å². The predicted molar refractivity (Wildman–Crippen MR) is 84.4 cm³/mol. The highest BCUT2D eigenvalue weighted by atomic mass is 35.5. The zero-order valence-corrected chi connectivity index (χ0v) is 13.3. The van der Waals surface area contributed by atoms with E-state index in [0.29, 0.717) is 33.7 Å². The SMILES string of the molecule is COc1ccc([C@@H](C)O)c(OCc2ccc(Cl)c(Cl)c2)c1. The summed E-state index contributed by atoms with van der Waals surface area (Å²) in [6.07, 6.45) is -0.625. The van der Waals surface area contributed by atoms with Crippen LogP contribution < -0.4 is 9.47 Å². The summed E-state index contributed by atoms with van der Waals surface area (Å²) in [6.45, 7) is 2.01. The van der Waals surface area contributed by atoms with Crippen LogP contribution in [0.4, 0.5) is 0 Å². The van der Waals surface area contributed by atoms with E-state index in [0.717, 1.165) is 5.56 Å². The number of aliphatic hydroxyl groups is 1. The fraction of sp³-hybridized carbons (Fsp3) is 0.250. The second-order valence-electron chi connectivity index (χ2n) is 4.62. The maximum absolute atomic E-state index is 9.79. The largest absolute Gasteiger partial charge is 0.497 e. The number of benzene rings is 2. The number of hydrogen-bond donors (Lipinski definition) is 1. The van der Waals surface area contributed by atoms with E-state index in [-0.39, 0.29) is 0 Å². The third-order valence-electron chi connectivity index (χ3n) is 3.05. The average molecular weight is 327 g/mol. The van der Waals surface area contributed by atoms with Gasteiger partial charge >= 0.3 is 0 Å². The van der Waals surface area contributed by atoms with E-state index < -0.39 is 6.10 Å². The number of rotatable bonds is 5. The van der Waals surface area contributed by atoms with Gasteiger partial charge in [-0.2, -0.15) is 0 Å². The molecule has 0 bridgehead atoms. The van der Waals surface area contributed by atoms with E-state index in [2.05, 4.69) is 0 Å². The molecular formula is C16H16Cl2O3. The van der Waals surface area contributed by atoms with Crippen molar-refractivity contribution in [3.8, 4) is 11.5 Å². The Hall–Kier alpha value is -1.42. The third-order valence-corrected chi connectivity index (χ3v) is 3.79. The Kier molecular flexibility index (Phi) is 5.34. The standard InChI is InChI=1S/C16H16Cl2O3/c1-10(19)13-5-4-12(20-2)8-16(13)21-9-11-3-6-14(17)15(18)7-11/h3-8,10,19H,9H2,1-2H3/t10-/m1/s1. The van der Waals surface area contributed by atoms with Crippen molar-refractivity contribution in [1.82, 2.24) is 0 Å². The summed E-state index contributed by atoms with van der Waals surface area (Å²) in [5.41, 5.74) is 1.60. The maximum atomic E-state index is 9.79. The molecule has 0 amide bonds. The van der Waals surface area contributed by atoms with Crippen LogP contribution in [0.25, 0.3) is 0 Å². The van der Waals surface area contributed by atoms with Crippen molar-refractivity contribution >= 4 is 23.2 Å². The minimum Gasteiger partial charge on any atom is -0.497 e. The van der Waals surface area contributed by atoms with E-state index in [9.17, 15) is 5.11 Å². The molecule has 1 atom stereocenters. The molecule has 0 fully saturated rings. The van der Waals surface area contributed by atoms with Crippen molar-refractivity contribution < 1.29 is 14.6 Å². The van der Waals surface area contributed by atoms with Crippen molar-refractivity contribution in [3.63, 3.8) is 0 Å². The fourth-order valence-corrected chi connectivity index (χ4v) is 2.22. The van der Waals surface area contributed by atoms with Gasteiger partial charge in [-0.1, -0.05) is 29.3 Å². The molecule has 0 saturated heterocycles.